The van der Waals surface area contributed by atoms with Crippen LogP contribution in [0.3, 0.4) is 0 Å². The van der Waals surface area contributed by atoms with Crippen LogP contribution in [0.5, 0.6) is 0 Å². The maximum atomic E-state index is 5.67. The van der Waals surface area contributed by atoms with Gasteiger partial charge < -0.3 is 5.32 Å². The molecule has 0 fully saturated rings. The second-order valence-electron chi connectivity index (χ2n) is 6.23. The molecule has 118 valence electrons. The molecule has 0 aliphatic heterocycles. The smallest absolute Gasteiger partial charge is 0.0415 e. The second kappa shape index (κ2) is 7.73. The molecule has 1 heteroatoms. The first-order valence-corrected chi connectivity index (χ1v) is 8.13. The lowest BCUT2D eigenvalue weighted by Crippen LogP contribution is -2.21. The Kier molecular flexibility index (Phi) is 5.69. The zero-order chi connectivity index (χ0) is 16.7. The van der Waals surface area contributed by atoms with Crippen LogP contribution in [0.2, 0.25) is 0 Å². The quantitative estimate of drug-likeness (QED) is 0.428. The summed E-state index contributed by atoms with van der Waals surface area (Å²) >= 11 is 0. The third kappa shape index (κ3) is 4.07. The first-order chi connectivity index (χ1) is 11.1. The molecule has 1 unspecified atom stereocenters. The highest BCUT2D eigenvalue weighted by atomic mass is 14.8. The van der Waals surface area contributed by atoms with Gasteiger partial charge in [-0.3, -0.25) is 0 Å². The predicted octanol–water partition coefficient (Wildman–Crippen LogP) is 4.99. The molecule has 2 aliphatic rings. The van der Waals surface area contributed by atoms with Gasteiger partial charge in [0.25, 0.3) is 0 Å². The van der Waals surface area contributed by atoms with Gasteiger partial charge in [-0.2, -0.15) is 0 Å². The maximum Gasteiger partial charge on any atom is 0.0415 e. The van der Waals surface area contributed by atoms with Gasteiger partial charge in [0.05, 0.1) is 0 Å². The molecule has 0 heterocycles. The van der Waals surface area contributed by atoms with E-state index in [1.807, 2.05) is 19.2 Å². The number of hydrogen-bond acceptors (Lipinski definition) is 1. The van der Waals surface area contributed by atoms with Gasteiger partial charge in [0.2, 0.25) is 0 Å². The average Bonchev–Trinajstić information content (AvgIpc) is 2.83. The van der Waals surface area contributed by atoms with Crippen molar-refractivity contribution in [3.8, 4) is 12.3 Å². The number of nitrogens with one attached hydrogen (secondary N) is 1. The minimum absolute atomic E-state index is 0.141. The summed E-state index contributed by atoms with van der Waals surface area (Å²) in [5.41, 5.74) is 8.13. The molecule has 2 rings (SSSR count). The summed E-state index contributed by atoms with van der Waals surface area (Å²) in [4.78, 5) is 0. The SMILES string of the molecule is C#CC(=CCC=C)C1=CCC(C)(C2=CC=C(NC)C=C=C2)CC1. The van der Waals surface area contributed by atoms with E-state index in [1.54, 1.807) is 0 Å². The Hall–Kier alpha value is -2.42. The lowest BCUT2D eigenvalue weighted by molar-refractivity contribution is 0.363. The van der Waals surface area contributed by atoms with Crippen molar-refractivity contribution < 1.29 is 0 Å². The molecule has 1 nitrogen and oxygen atoms in total. The molecule has 0 aromatic rings. The van der Waals surface area contributed by atoms with Crippen LogP contribution in [0, 0.1) is 17.8 Å². The van der Waals surface area contributed by atoms with Crippen LogP contribution in [0.1, 0.15) is 32.6 Å². The fourth-order valence-electron chi connectivity index (χ4n) is 2.98. The Morgan fingerprint density at radius 1 is 1.48 bits per heavy atom. The van der Waals surface area contributed by atoms with Gasteiger partial charge >= 0.3 is 0 Å². The van der Waals surface area contributed by atoms with Gasteiger partial charge in [-0.05, 0) is 54.4 Å². The third-order valence-corrected chi connectivity index (χ3v) is 4.64. The minimum Gasteiger partial charge on any atom is -0.388 e. The zero-order valence-electron chi connectivity index (χ0n) is 14.2. The van der Waals surface area contributed by atoms with Gasteiger partial charge in [0.15, 0.2) is 0 Å². The van der Waals surface area contributed by atoms with Crippen LogP contribution < -0.4 is 5.32 Å². The summed E-state index contributed by atoms with van der Waals surface area (Å²) in [7, 11) is 1.93. The maximum absolute atomic E-state index is 5.67. The Morgan fingerprint density at radius 3 is 2.91 bits per heavy atom. The standard InChI is InChI=1S/C22H25N/c1-5-7-9-18(6-2)19-14-16-22(3,17-15-19)20-10-8-11-21(23-4)13-12-20/h2,5,9-14,23H,1,7,15-17H2,3-4H3. The van der Waals surface area contributed by atoms with Crippen molar-refractivity contribution in [2.24, 2.45) is 5.41 Å². The monoisotopic (exact) mass is 303 g/mol. The number of rotatable bonds is 5. The highest BCUT2D eigenvalue weighted by molar-refractivity contribution is 5.47. The molecule has 23 heavy (non-hydrogen) atoms. The van der Waals surface area contributed by atoms with E-state index in [0.29, 0.717) is 0 Å². The van der Waals surface area contributed by atoms with Gasteiger partial charge in [0, 0.05) is 24.4 Å². The molecule has 2 aliphatic carbocycles. The highest BCUT2D eigenvalue weighted by Gasteiger charge is 2.30. The molecule has 1 atom stereocenters. The third-order valence-electron chi connectivity index (χ3n) is 4.64. The molecule has 0 bridgehead atoms. The largest absolute Gasteiger partial charge is 0.388 e. The van der Waals surface area contributed by atoms with Crippen LogP contribution in [-0.2, 0) is 0 Å². The Bertz CT molecular complexity index is 697. The van der Waals surface area contributed by atoms with E-state index in [4.69, 9.17) is 6.42 Å². The minimum atomic E-state index is 0.141. The molecule has 0 saturated heterocycles. The first-order valence-electron chi connectivity index (χ1n) is 8.13. The normalized spacial score (nSPS) is 24.0. The summed E-state index contributed by atoms with van der Waals surface area (Å²) in [6, 6.07) is 0. The lowest BCUT2D eigenvalue weighted by atomic mass is 9.70. The van der Waals surface area contributed by atoms with Crippen molar-refractivity contribution in [3.05, 3.63) is 77.3 Å². The predicted molar refractivity (Wildman–Crippen MR) is 99.6 cm³/mol. The topological polar surface area (TPSA) is 12.0 Å². The van der Waals surface area contributed by atoms with E-state index < -0.39 is 0 Å². The van der Waals surface area contributed by atoms with Crippen LogP contribution in [-0.4, -0.2) is 7.05 Å². The Balaban J connectivity index is 2.21. The fourth-order valence-corrected chi connectivity index (χ4v) is 2.98. The van der Waals surface area contributed by atoms with Crippen molar-refractivity contribution in [3.63, 3.8) is 0 Å². The van der Waals surface area contributed by atoms with Crippen LogP contribution in [0.15, 0.2) is 77.3 Å². The van der Waals surface area contributed by atoms with E-state index in [-0.39, 0.29) is 5.41 Å². The molecular formula is C22H25N. The Labute approximate surface area is 140 Å². The fraction of sp³-hybridized carbons (Fsp3) is 0.318. The lowest BCUT2D eigenvalue weighted by Gasteiger charge is -2.34. The number of terminal acetylenes is 1. The summed E-state index contributed by atoms with van der Waals surface area (Å²) in [6.45, 7) is 6.08. The molecule has 0 aromatic heterocycles. The summed E-state index contributed by atoms with van der Waals surface area (Å²) in [6.07, 6.45) is 24.3. The molecule has 0 aromatic carbocycles. The van der Waals surface area contributed by atoms with Gasteiger partial charge in [-0.1, -0.05) is 37.1 Å². The van der Waals surface area contributed by atoms with Crippen molar-refractivity contribution >= 4 is 0 Å². The van der Waals surface area contributed by atoms with Crippen molar-refractivity contribution in [1.82, 2.24) is 5.32 Å². The first kappa shape index (κ1) is 16.9. The summed E-state index contributed by atoms with van der Waals surface area (Å²) < 4.78 is 0. The molecule has 0 amide bonds. The van der Waals surface area contributed by atoms with E-state index in [9.17, 15) is 0 Å². The molecule has 1 N–H and O–H groups in total. The molecule has 0 spiro atoms. The van der Waals surface area contributed by atoms with Crippen molar-refractivity contribution in [2.75, 3.05) is 7.05 Å². The van der Waals surface area contributed by atoms with Crippen LogP contribution in [0.25, 0.3) is 0 Å². The highest BCUT2D eigenvalue weighted by Crippen LogP contribution is 2.43. The second-order valence-corrected chi connectivity index (χ2v) is 6.23. The Morgan fingerprint density at radius 2 is 2.30 bits per heavy atom. The van der Waals surface area contributed by atoms with E-state index in [1.165, 1.54) is 11.1 Å². The van der Waals surface area contributed by atoms with Crippen LogP contribution >= 0.6 is 0 Å². The molecular weight excluding hydrogens is 278 g/mol. The molecule has 0 radical (unpaired) electrons. The van der Waals surface area contributed by atoms with Crippen molar-refractivity contribution in [1.29, 1.82) is 0 Å². The van der Waals surface area contributed by atoms with Gasteiger partial charge in [0.1, 0.15) is 0 Å². The average molecular weight is 303 g/mol. The number of hydrogen-bond donors (Lipinski definition) is 1. The van der Waals surface area contributed by atoms with E-state index in [2.05, 4.69) is 60.9 Å². The molecule has 0 saturated carbocycles. The summed E-state index contributed by atoms with van der Waals surface area (Å²) in [5.74, 6) is 2.82. The van der Waals surface area contributed by atoms with Gasteiger partial charge in [-0.25, -0.2) is 0 Å². The van der Waals surface area contributed by atoms with Gasteiger partial charge in [-0.15, -0.1) is 18.7 Å². The van der Waals surface area contributed by atoms with Crippen LogP contribution in [0.4, 0.5) is 0 Å². The van der Waals surface area contributed by atoms with E-state index >= 15 is 0 Å². The van der Waals surface area contributed by atoms with Crippen molar-refractivity contribution in [2.45, 2.75) is 32.6 Å². The van der Waals surface area contributed by atoms with E-state index in [0.717, 1.165) is 37.0 Å². The summed E-state index contributed by atoms with van der Waals surface area (Å²) in [5, 5.41) is 3.16. The number of likely N-dealkylation sites (N-methyl/N-ethyl adjacent to an activating group) is 1. The zero-order valence-corrected chi connectivity index (χ0v) is 14.2. The number of allylic oxidation sites excluding steroid dienone is 9.